The van der Waals surface area contributed by atoms with Crippen LogP contribution in [0.3, 0.4) is 0 Å². The zero-order chi connectivity index (χ0) is 20.0. The zero-order valence-electron chi connectivity index (χ0n) is 14.0. The van der Waals surface area contributed by atoms with Crippen LogP contribution < -0.4 is 20.1 Å². The van der Waals surface area contributed by atoms with Crippen molar-refractivity contribution < 1.29 is 27.4 Å². The summed E-state index contributed by atoms with van der Waals surface area (Å²) in [5.41, 5.74) is 1.85. The Morgan fingerprint density at radius 2 is 1.59 bits per heavy atom. The first-order valence-electron chi connectivity index (χ1n) is 7.61. The number of amides is 2. The quantitative estimate of drug-likeness (QED) is 0.681. The van der Waals surface area contributed by atoms with Gasteiger partial charge in [0.2, 0.25) is 0 Å². The van der Waals surface area contributed by atoms with Gasteiger partial charge in [-0.1, -0.05) is 35.3 Å². The van der Waals surface area contributed by atoms with Crippen LogP contribution in [-0.2, 0) is 0 Å². The van der Waals surface area contributed by atoms with Gasteiger partial charge in [-0.25, -0.2) is 4.79 Å². The number of rotatable bonds is 2. The number of hydrogen-bond acceptors (Lipinski definition) is 3. The lowest BCUT2D eigenvalue weighted by molar-refractivity contribution is -0.317. The molecule has 0 radical (unpaired) electrons. The third-order valence-corrected chi connectivity index (χ3v) is 4.51. The predicted octanol–water partition coefficient (Wildman–Crippen LogP) is 5.42. The second-order valence-corrected chi connectivity index (χ2v) is 6.74. The molecule has 2 amide bonds. The smallest absolute Gasteiger partial charge is 0.424 e. The summed E-state index contributed by atoms with van der Waals surface area (Å²) in [4.78, 5) is 12.2. The van der Waals surface area contributed by atoms with Crippen molar-refractivity contribution in [3.05, 3.63) is 51.5 Å². The van der Waals surface area contributed by atoms with Gasteiger partial charge in [-0.2, -0.15) is 13.2 Å². The molecule has 0 spiro atoms. The molecule has 27 heavy (non-hydrogen) atoms. The SMILES string of the molecule is Cc1ccc(C)c(NC(=O)NC2(C(F)(F)F)Oc3cc(Cl)c(Cl)cc3O2)c1. The molecular weight excluding hydrogens is 408 g/mol. The standard InChI is InChI=1S/C17H13Cl2F3N2O3/c1-8-3-4-9(2)12(5-8)23-15(25)24-17(16(20,21)22)26-13-6-10(18)11(19)7-14(13)27-17/h3-7H,1-2H3,(H2,23,24,25). The van der Waals surface area contributed by atoms with E-state index >= 15 is 0 Å². The average molecular weight is 421 g/mol. The average Bonchev–Trinajstić information content (AvgIpc) is 2.89. The monoisotopic (exact) mass is 420 g/mol. The maximum Gasteiger partial charge on any atom is 0.492 e. The van der Waals surface area contributed by atoms with Crippen molar-refractivity contribution in [2.75, 3.05) is 5.32 Å². The molecule has 0 aromatic heterocycles. The zero-order valence-corrected chi connectivity index (χ0v) is 15.5. The molecule has 0 saturated heterocycles. The third-order valence-electron chi connectivity index (χ3n) is 3.79. The van der Waals surface area contributed by atoms with Gasteiger partial charge >= 0.3 is 18.1 Å². The number of urea groups is 1. The highest BCUT2D eigenvalue weighted by molar-refractivity contribution is 6.42. The number of ether oxygens (including phenoxy) is 2. The Morgan fingerprint density at radius 1 is 1.04 bits per heavy atom. The van der Waals surface area contributed by atoms with Gasteiger partial charge in [-0.15, -0.1) is 0 Å². The first kappa shape index (κ1) is 19.4. The van der Waals surface area contributed by atoms with Crippen LogP contribution in [0.1, 0.15) is 11.1 Å². The molecule has 2 aromatic carbocycles. The lowest BCUT2D eigenvalue weighted by Gasteiger charge is -2.29. The molecule has 0 unspecified atom stereocenters. The summed E-state index contributed by atoms with van der Waals surface area (Å²) in [7, 11) is 0. The minimum Gasteiger partial charge on any atom is -0.424 e. The fourth-order valence-corrected chi connectivity index (χ4v) is 2.72. The number of aryl methyl sites for hydroxylation is 2. The molecule has 10 heteroatoms. The highest BCUT2D eigenvalue weighted by atomic mass is 35.5. The molecule has 144 valence electrons. The highest BCUT2D eigenvalue weighted by Crippen LogP contribution is 2.47. The van der Waals surface area contributed by atoms with E-state index in [-0.39, 0.29) is 21.5 Å². The van der Waals surface area contributed by atoms with Crippen LogP contribution >= 0.6 is 23.2 Å². The van der Waals surface area contributed by atoms with E-state index < -0.39 is 18.1 Å². The molecule has 0 aliphatic carbocycles. The second-order valence-electron chi connectivity index (χ2n) is 5.93. The van der Waals surface area contributed by atoms with Crippen molar-refractivity contribution in [2.45, 2.75) is 25.9 Å². The lowest BCUT2D eigenvalue weighted by atomic mass is 10.1. The largest absolute Gasteiger partial charge is 0.492 e. The summed E-state index contributed by atoms with van der Waals surface area (Å²) in [6.07, 6.45) is -5.09. The Labute approximate surface area is 162 Å². The van der Waals surface area contributed by atoms with Gasteiger partial charge in [0.1, 0.15) is 0 Å². The van der Waals surface area contributed by atoms with Gasteiger partial charge < -0.3 is 14.8 Å². The minimum atomic E-state index is -5.09. The van der Waals surface area contributed by atoms with Crippen LogP contribution in [-0.4, -0.2) is 18.1 Å². The van der Waals surface area contributed by atoms with Gasteiger partial charge in [-0.05, 0) is 31.0 Å². The molecule has 0 atom stereocenters. The summed E-state index contributed by atoms with van der Waals surface area (Å²) in [6, 6.07) is 6.16. The maximum absolute atomic E-state index is 13.7. The van der Waals surface area contributed by atoms with Crippen molar-refractivity contribution >= 4 is 34.9 Å². The minimum absolute atomic E-state index is 0.0168. The predicted molar refractivity (Wildman–Crippen MR) is 94.6 cm³/mol. The number of alkyl halides is 3. The number of halogens is 5. The fourth-order valence-electron chi connectivity index (χ4n) is 2.41. The van der Waals surface area contributed by atoms with Crippen LogP contribution in [0.25, 0.3) is 0 Å². The van der Waals surface area contributed by atoms with Crippen LogP contribution in [0.5, 0.6) is 11.5 Å². The molecule has 1 aliphatic heterocycles. The molecule has 0 saturated carbocycles. The second kappa shape index (κ2) is 6.69. The number of benzene rings is 2. The van der Waals surface area contributed by atoms with E-state index in [9.17, 15) is 18.0 Å². The van der Waals surface area contributed by atoms with Crippen molar-refractivity contribution in [1.82, 2.24) is 5.32 Å². The Morgan fingerprint density at radius 3 is 2.11 bits per heavy atom. The third kappa shape index (κ3) is 3.72. The van der Waals surface area contributed by atoms with Crippen molar-refractivity contribution in [3.8, 4) is 11.5 Å². The van der Waals surface area contributed by atoms with Crippen molar-refractivity contribution in [3.63, 3.8) is 0 Å². The van der Waals surface area contributed by atoms with E-state index in [0.29, 0.717) is 11.3 Å². The van der Waals surface area contributed by atoms with Crippen molar-refractivity contribution in [1.29, 1.82) is 0 Å². The van der Waals surface area contributed by atoms with E-state index in [1.165, 1.54) is 0 Å². The normalized spacial score (nSPS) is 14.8. The number of nitrogens with one attached hydrogen (secondary N) is 2. The van der Waals surface area contributed by atoms with Gasteiger partial charge in [0.15, 0.2) is 11.5 Å². The fraction of sp³-hybridized carbons (Fsp3) is 0.235. The molecule has 2 aromatic rings. The summed E-state index contributed by atoms with van der Waals surface area (Å²) in [5.74, 6) is -4.01. The Balaban J connectivity index is 1.87. The summed E-state index contributed by atoms with van der Waals surface area (Å²) >= 11 is 11.6. The lowest BCUT2D eigenvalue weighted by Crippen LogP contribution is -2.65. The van der Waals surface area contributed by atoms with Gasteiger partial charge in [-0.3, -0.25) is 5.32 Å². The van der Waals surface area contributed by atoms with E-state index in [1.54, 1.807) is 31.3 Å². The first-order chi connectivity index (χ1) is 12.5. The molecule has 1 aliphatic rings. The van der Waals surface area contributed by atoms with E-state index in [2.05, 4.69) is 5.32 Å². The van der Waals surface area contributed by atoms with Crippen molar-refractivity contribution in [2.24, 2.45) is 0 Å². The summed E-state index contributed by atoms with van der Waals surface area (Å²) < 4.78 is 50.8. The number of hydrogen-bond donors (Lipinski definition) is 2. The van der Waals surface area contributed by atoms with E-state index in [1.807, 2.05) is 6.07 Å². The summed E-state index contributed by atoms with van der Waals surface area (Å²) in [5, 5.41) is 4.04. The molecular formula is C17H13Cl2F3N2O3. The Kier molecular flexibility index (Phi) is 4.81. The van der Waals surface area contributed by atoms with Crippen LogP contribution in [0, 0.1) is 13.8 Å². The first-order valence-corrected chi connectivity index (χ1v) is 8.36. The number of carbonyl (C=O) groups excluding carboxylic acids is 1. The number of carbonyl (C=O) groups is 1. The van der Waals surface area contributed by atoms with Crippen LogP contribution in [0.4, 0.5) is 23.7 Å². The number of anilines is 1. The van der Waals surface area contributed by atoms with Gasteiger partial charge in [0, 0.05) is 17.8 Å². The van der Waals surface area contributed by atoms with Gasteiger partial charge in [0.05, 0.1) is 10.0 Å². The van der Waals surface area contributed by atoms with Crippen LogP contribution in [0.15, 0.2) is 30.3 Å². The molecule has 3 rings (SSSR count). The van der Waals surface area contributed by atoms with E-state index in [0.717, 1.165) is 17.7 Å². The molecule has 2 N–H and O–H groups in total. The molecule has 5 nitrogen and oxygen atoms in total. The number of fused-ring (bicyclic) bond motifs is 1. The van der Waals surface area contributed by atoms with E-state index in [4.69, 9.17) is 32.7 Å². The highest BCUT2D eigenvalue weighted by Gasteiger charge is 2.65. The Hall–Kier alpha value is -2.32. The molecule has 0 bridgehead atoms. The maximum atomic E-state index is 13.7. The summed E-state index contributed by atoms with van der Waals surface area (Å²) in [6.45, 7) is 3.49. The topological polar surface area (TPSA) is 59.6 Å². The Bertz CT molecular complexity index is 888. The molecule has 0 fully saturated rings. The van der Waals surface area contributed by atoms with Gasteiger partial charge in [0.25, 0.3) is 0 Å². The molecule has 1 heterocycles. The van der Waals surface area contributed by atoms with Crippen LogP contribution in [0.2, 0.25) is 10.0 Å².